The zero-order valence-corrected chi connectivity index (χ0v) is 15.5. The Kier molecular flexibility index (Phi) is 4.89. The van der Waals surface area contributed by atoms with Gasteiger partial charge in [0.1, 0.15) is 0 Å². The highest BCUT2D eigenvalue weighted by atomic mass is 19.2. The average Bonchev–Trinajstić information content (AvgIpc) is 2.73. The van der Waals surface area contributed by atoms with Gasteiger partial charge in [0.15, 0.2) is 17.7 Å². The van der Waals surface area contributed by atoms with E-state index in [4.69, 9.17) is 4.74 Å². The summed E-state index contributed by atoms with van der Waals surface area (Å²) in [5.74, 6) is -2.80. The lowest BCUT2D eigenvalue weighted by atomic mass is 9.95. The van der Waals surface area contributed by atoms with E-state index in [1.54, 1.807) is 30.3 Å². The van der Waals surface area contributed by atoms with Crippen molar-refractivity contribution in [2.24, 2.45) is 0 Å². The molecule has 0 unspecified atom stereocenters. The van der Waals surface area contributed by atoms with Crippen LogP contribution >= 0.6 is 0 Å². The Hall–Kier alpha value is -3.10. The molecule has 0 saturated heterocycles. The maximum absolute atomic E-state index is 13.9. The van der Waals surface area contributed by atoms with Gasteiger partial charge in [-0.3, -0.25) is 9.59 Å². The van der Waals surface area contributed by atoms with Gasteiger partial charge in [0.25, 0.3) is 11.5 Å². The van der Waals surface area contributed by atoms with Gasteiger partial charge in [0, 0.05) is 18.3 Å². The molecule has 2 N–H and O–H groups in total. The van der Waals surface area contributed by atoms with Crippen molar-refractivity contribution in [1.29, 1.82) is 0 Å². The molecule has 4 rings (SSSR count). The number of aromatic nitrogens is 1. The first kappa shape index (κ1) is 19.2. The van der Waals surface area contributed by atoms with E-state index < -0.39 is 35.2 Å². The molecule has 0 spiro atoms. The first-order chi connectivity index (χ1) is 13.9. The third-order valence-corrected chi connectivity index (χ3v) is 5.20. The number of carbonyl (C=O) groups excluding carboxylic acids is 1. The van der Waals surface area contributed by atoms with Crippen molar-refractivity contribution in [2.75, 3.05) is 13.7 Å². The molecule has 1 aromatic heterocycles. The Morgan fingerprint density at radius 1 is 1.21 bits per heavy atom. The number of H-pyrrole nitrogens is 1. The van der Waals surface area contributed by atoms with Crippen LogP contribution in [0.25, 0.3) is 10.8 Å². The van der Waals surface area contributed by atoms with Crippen LogP contribution in [0.2, 0.25) is 0 Å². The van der Waals surface area contributed by atoms with Crippen molar-refractivity contribution in [3.63, 3.8) is 0 Å². The number of nitrogens with one attached hydrogen (secondary N) is 1. The highest BCUT2D eigenvalue weighted by Crippen LogP contribution is 2.34. The molecule has 3 aromatic rings. The number of hydrogen-bond acceptors (Lipinski definition) is 4. The van der Waals surface area contributed by atoms with Crippen molar-refractivity contribution >= 4 is 16.7 Å². The Balaban J connectivity index is 1.80. The van der Waals surface area contributed by atoms with Crippen LogP contribution in [0.15, 0.2) is 47.3 Å². The summed E-state index contributed by atoms with van der Waals surface area (Å²) in [5, 5.41) is 10.7. The third-order valence-electron chi connectivity index (χ3n) is 5.20. The van der Waals surface area contributed by atoms with Crippen LogP contribution in [-0.2, 0) is 16.1 Å². The molecule has 0 radical (unpaired) electrons. The highest BCUT2D eigenvalue weighted by Gasteiger charge is 2.33. The van der Waals surface area contributed by atoms with E-state index in [2.05, 4.69) is 4.98 Å². The Labute approximate surface area is 164 Å². The minimum absolute atomic E-state index is 0.0148. The second kappa shape index (κ2) is 7.38. The molecule has 8 heteroatoms. The van der Waals surface area contributed by atoms with Gasteiger partial charge in [0.05, 0.1) is 24.6 Å². The largest absolute Gasteiger partial charge is 0.378 e. The summed E-state index contributed by atoms with van der Waals surface area (Å²) in [6.45, 7) is 0.149. The SMILES string of the molecule is CN(C(=O)[C@H](O)c1ccccc1)[C@H]1COCc2[nH]c(=O)c3cc(F)c(F)cc3c21. The quantitative estimate of drug-likeness (QED) is 0.708. The van der Waals surface area contributed by atoms with Crippen LogP contribution < -0.4 is 5.56 Å². The van der Waals surface area contributed by atoms with Gasteiger partial charge in [0.2, 0.25) is 0 Å². The second-order valence-corrected chi connectivity index (χ2v) is 6.95. The van der Waals surface area contributed by atoms with Gasteiger partial charge in [-0.1, -0.05) is 30.3 Å². The maximum Gasteiger partial charge on any atom is 0.256 e. The molecule has 29 heavy (non-hydrogen) atoms. The molecule has 2 heterocycles. The molecule has 2 aromatic carbocycles. The summed E-state index contributed by atoms with van der Waals surface area (Å²) in [4.78, 5) is 29.1. The number of fused-ring (bicyclic) bond motifs is 3. The summed E-state index contributed by atoms with van der Waals surface area (Å²) in [5.41, 5.74) is 0.723. The van der Waals surface area contributed by atoms with Crippen LogP contribution in [0, 0.1) is 11.6 Å². The minimum atomic E-state index is -1.39. The van der Waals surface area contributed by atoms with Crippen molar-refractivity contribution in [3.8, 4) is 0 Å². The number of likely N-dealkylation sites (N-methyl/N-ethyl adjacent to an activating group) is 1. The summed E-state index contributed by atoms with van der Waals surface area (Å²) in [6, 6.07) is 9.56. The number of aliphatic hydroxyl groups is 1. The number of hydrogen-bond donors (Lipinski definition) is 2. The fraction of sp³-hybridized carbons (Fsp3) is 0.238. The molecule has 1 amide bonds. The summed E-state index contributed by atoms with van der Waals surface area (Å²) < 4.78 is 33.1. The predicted molar refractivity (Wildman–Crippen MR) is 101 cm³/mol. The summed E-state index contributed by atoms with van der Waals surface area (Å²) in [7, 11) is 1.49. The van der Waals surface area contributed by atoms with E-state index in [0.717, 1.165) is 12.1 Å². The smallest absolute Gasteiger partial charge is 0.256 e. The maximum atomic E-state index is 13.9. The number of rotatable bonds is 3. The third kappa shape index (κ3) is 3.30. The first-order valence-corrected chi connectivity index (χ1v) is 8.99. The number of aliphatic hydroxyl groups excluding tert-OH is 1. The molecule has 6 nitrogen and oxygen atoms in total. The Morgan fingerprint density at radius 2 is 1.86 bits per heavy atom. The minimum Gasteiger partial charge on any atom is -0.378 e. The van der Waals surface area contributed by atoms with Gasteiger partial charge in [-0.05, 0) is 23.1 Å². The number of halogens is 2. The lowest BCUT2D eigenvalue weighted by Gasteiger charge is -2.34. The lowest BCUT2D eigenvalue weighted by Crippen LogP contribution is -2.40. The van der Waals surface area contributed by atoms with E-state index in [-0.39, 0.29) is 24.0 Å². The van der Waals surface area contributed by atoms with Crippen molar-refractivity contribution in [2.45, 2.75) is 18.8 Å². The number of aromatic amines is 1. The van der Waals surface area contributed by atoms with E-state index in [0.29, 0.717) is 16.8 Å². The van der Waals surface area contributed by atoms with Gasteiger partial charge >= 0.3 is 0 Å². The van der Waals surface area contributed by atoms with Crippen LogP contribution in [-0.4, -0.2) is 34.6 Å². The summed E-state index contributed by atoms with van der Waals surface area (Å²) in [6.07, 6.45) is -1.39. The standard InChI is InChI=1S/C21H18F2N2O4/c1-25(21(28)19(26)11-5-3-2-4-6-11)17-10-29-9-16-18(17)12-7-14(22)15(23)8-13(12)20(27)24-16/h2-8,17,19,26H,9-10H2,1H3,(H,24,27)/t17-,19+/m0/s1. The average molecular weight is 400 g/mol. The first-order valence-electron chi connectivity index (χ1n) is 8.99. The lowest BCUT2D eigenvalue weighted by molar-refractivity contribution is -0.143. The van der Waals surface area contributed by atoms with Gasteiger partial charge in [-0.2, -0.15) is 0 Å². The molecule has 0 aliphatic carbocycles. The normalized spacial score (nSPS) is 17.0. The second-order valence-electron chi connectivity index (χ2n) is 6.95. The molecule has 0 fully saturated rings. The number of carbonyl (C=O) groups is 1. The Morgan fingerprint density at radius 3 is 2.55 bits per heavy atom. The van der Waals surface area contributed by atoms with Gasteiger partial charge in [-0.25, -0.2) is 8.78 Å². The number of amides is 1. The molecule has 0 bridgehead atoms. The monoisotopic (exact) mass is 400 g/mol. The number of pyridine rings is 1. The molecule has 2 atom stereocenters. The van der Waals surface area contributed by atoms with Gasteiger partial charge in [-0.15, -0.1) is 0 Å². The number of benzene rings is 2. The molecule has 1 aliphatic rings. The molecule has 0 saturated carbocycles. The zero-order valence-electron chi connectivity index (χ0n) is 15.5. The fourth-order valence-electron chi connectivity index (χ4n) is 3.67. The molecule has 150 valence electrons. The van der Waals surface area contributed by atoms with Crippen molar-refractivity contribution in [3.05, 3.63) is 81.3 Å². The molecular formula is C21H18F2N2O4. The van der Waals surface area contributed by atoms with E-state index in [9.17, 15) is 23.5 Å². The number of nitrogens with zero attached hydrogens (tertiary/aromatic N) is 1. The van der Waals surface area contributed by atoms with Crippen LogP contribution in [0.1, 0.15) is 29.0 Å². The molecule has 1 aliphatic heterocycles. The van der Waals surface area contributed by atoms with E-state index >= 15 is 0 Å². The number of ether oxygens (including phenoxy) is 1. The predicted octanol–water partition coefficient (Wildman–Crippen LogP) is 2.57. The van der Waals surface area contributed by atoms with Crippen LogP contribution in [0.4, 0.5) is 8.78 Å². The van der Waals surface area contributed by atoms with Crippen molar-refractivity contribution < 1.29 is 23.4 Å². The summed E-state index contributed by atoms with van der Waals surface area (Å²) >= 11 is 0. The van der Waals surface area contributed by atoms with E-state index in [1.807, 2.05) is 0 Å². The van der Waals surface area contributed by atoms with Crippen LogP contribution in [0.5, 0.6) is 0 Å². The van der Waals surface area contributed by atoms with Crippen molar-refractivity contribution in [1.82, 2.24) is 9.88 Å². The highest BCUT2D eigenvalue weighted by molar-refractivity contribution is 5.88. The van der Waals surface area contributed by atoms with Gasteiger partial charge < -0.3 is 19.7 Å². The topological polar surface area (TPSA) is 82.6 Å². The van der Waals surface area contributed by atoms with E-state index in [1.165, 1.54) is 11.9 Å². The Bertz CT molecular complexity index is 1150. The van der Waals surface area contributed by atoms with Crippen LogP contribution in [0.3, 0.4) is 0 Å². The fourth-order valence-corrected chi connectivity index (χ4v) is 3.67. The molecular weight excluding hydrogens is 382 g/mol. The zero-order chi connectivity index (χ0) is 20.7.